The molecule has 0 aromatic heterocycles. The third kappa shape index (κ3) is 2.41. The van der Waals surface area contributed by atoms with Gasteiger partial charge in [-0.2, -0.15) is 0 Å². The molecule has 0 aromatic carbocycles. The number of nitrogens with one attached hydrogen (secondary N) is 1. The minimum atomic E-state index is -0.0247. The number of Topliss-reactive ketones (excluding diaryl/α,β-unsaturated/α-hetero) is 1. The molecule has 15 heavy (non-hydrogen) atoms. The van der Waals surface area contributed by atoms with E-state index in [9.17, 15) is 4.79 Å². The zero-order valence-electron chi connectivity index (χ0n) is 10.0. The second-order valence-corrected chi connectivity index (χ2v) is 5.92. The lowest BCUT2D eigenvalue weighted by Crippen LogP contribution is -2.56. The Morgan fingerprint density at radius 3 is 2.33 bits per heavy atom. The minimum absolute atomic E-state index is 0.0247. The number of hydrogen-bond acceptors (Lipinski definition) is 2. The maximum absolute atomic E-state index is 12.1. The van der Waals surface area contributed by atoms with Crippen LogP contribution < -0.4 is 5.32 Å². The third-order valence-electron chi connectivity index (χ3n) is 4.31. The molecule has 2 nitrogen and oxygen atoms in total. The molecule has 0 bridgehead atoms. The van der Waals surface area contributed by atoms with Gasteiger partial charge in [0.15, 0.2) is 0 Å². The van der Waals surface area contributed by atoms with Crippen LogP contribution in [0.5, 0.6) is 0 Å². The molecule has 1 aliphatic heterocycles. The molecule has 1 saturated carbocycles. The van der Waals surface area contributed by atoms with Gasteiger partial charge in [-0.15, -0.1) is 0 Å². The Kier molecular flexibility index (Phi) is 3.15. The summed E-state index contributed by atoms with van der Waals surface area (Å²) in [5.41, 5.74) is -0.0247. The second kappa shape index (κ2) is 4.25. The van der Waals surface area contributed by atoms with Gasteiger partial charge in [-0.3, -0.25) is 4.79 Å². The van der Waals surface area contributed by atoms with Crippen LogP contribution in [-0.4, -0.2) is 18.9 Å². The van der Waals surface area contributed by atoms with Gasteiger partial charge in [0.2, 0.25) is 0 Å². The van der Waals surface area contributed by atoms with E-state index in [1.165, 1.54) is 25.7 Å². The van der Waals surface area contributed by atoms with Crippen molar-refractivity contribution in [3.63, 3.8) is 0 Å². The predicted octanol–water partition coefficient (Wildman–Crippen LogP) is 2.38. The number of ketones is 1. The fourth-order valence-corrected chi connectivity index (χ4v) is 2.74. The highest BCUT2D eigenvalue weighted by atomic mass is 16.1. The van der Waals surface area contributed by atoms with Crippen molar-refractivity contribution >= 4 is 5.78 Å². The van der Waals surface area contributed by atoms with Crippen LogP contribution in [0.15, 0.2) is 0 Å². The molecule has 0 aromatic rings. The maximum atomic E-state index is 12.1. The van der Waals surface area contributed by atoms with Gasteiger partial charge in [-0.05, 0) is 24.7 Å². The standard InChI is InChI=1S/C13H23NO/c1-10-3-5-11(6-4-10)7-12(15)13(2)8-14-9-13/h10-11,14H,3-9H2,1-2H3. The summed E-state index contributed by atoms with van der Waals surface area (Å²) in [5, 5.41) is 3.21. The SMILES string of the molecule is CC1CCC(CC(=O)C2(C)CNC2)CC1. The predicted molar refractivity (Wildman–Crippen MR) is 61.7 cm³/mol. The number of hydrogen-bond donors (Lipinski definition) is 1. The fourth-order valence-electron chi connectivity index (χ4n) is 2.74. The van der Waals surface area contributed by atoms with Crippen LogP contribution in [0.1, 0.15) is 46.0 Å². The second-order valence-electron chi connectivity index (χ2n) is 5.92. The average molecular weight is 209 g/mol. The largest absolute Gasteiger partial charge is 0.315 e. The summed E-state index contributed by atoms with van der Waals surface area (Å²) in [5.74, 6) is 2.07. The molecule has 0 radical (unpaired) electrons. The van der Waals surface area contributed by atoms with E-state index in [0.717, 1.165) is 25.4 Å². The Labute approximate surface area is 92.8 Å². The zero-order valence-corrected chi connectivity index (χ0v) is 10.0. The molecule has 0 amide bonds. The van der Waals surface area contributed by atoms with E-state index in [2.05, 4.69) is 19.2 Å². The molecule has 2 rings (SSSR count). The van der Waals surface area contributed by atoms with Crippen LogP contribution in [0, 0.1) is 17.3 Å². The van der Waals surface area contributed by atoms with Crippen molar-refractivity contribution < 1.29 is 4.79 Å². The maximum Gasteiger partial charge on any atom is 0.141 e. The first-order valence-electron chi connectivity index (χ1n) is 6.34. The highest BCUT2D eigenvalue weighted by molar-refractivity contribution is 5.86. The first-order valence-corrected chi connectivity index (χ1v) is 6.34. The Bertz CT molecular complexity index is 237. The van der Waals surface area contributed by atoms with Crippen molar-refractivity contribution in [1.82, 2.24) is 5.32 Å². The van der Waals surface area contributed by atoms with Gasteiger partial charge < -0.3 is 5.32 Å². The first-order chi connectivity index (χ1) is 7.10. The molecule has 0 unspecified atom stereocenters. The van der Waals surface area contributed by atoms with E-state index < -0.39 is 0 Å². The Balaban J connectivity index is 1.79. The smallest absolute Gasteiger partial charge is 0.141 e. The molecule has 0 atom stereocenters. The van der Waals surface area contributed by atoms with Crippen molar-refractivity contribution in [3.8, 4) is 0 Å². The van der Waals surface area contributed by atoms with Gasteiger partial charge >= 0.3 is 0 Å². The van der Waals surface area contributed by atoms with E-state index >= 15 is 0 Å². The van der Waals surface area contributed by atoms with Gasteiger partial charge in [-0.25, -0.2) is 0 Å². The van der Waals surface area contributed by atoms with Crippen molar-refractivity contribution in [2.75, 3.05) is 13.1 Å². The van der Waals surface area contributed by atoms with Gasteiger partial charge in [0.25, 0.3) is 0 Å². The summed E-state index contributed by atoms with van der Waals surface area (Å²) in [4.78, 5) is 12.1. The van der Waals surface area contributed by atoms with Crippen LogP contribution in [0.2, 0.25) is 0 Å². The van der Waals surface area contributed by atoms with Crippen LogP contribution >= 0.6 is 0 Å². The fraction of sp³-hybridized carbons (Fsp3) is 0.923. The normalized spacial score (nSPS) is 34.5. The van der Waals surface area contributed by atoms with Gasteiger partial charge in [0, 0.05) is 19.5 Å². The van der Waals surface area contributed by atoms with E-state index in [1.54, 1.807) is 0 Å². The van der Waals surface area contributed by atoms with Gasteiger partial charge in [0.05, 0.1) is 5.41 Å². The van der Waals surface area contributed by atoms with Gasteiger partial charge in [0.1, 0.15) is 5.78 Å². The van der Waals surface area contributed by atoms with E-state index in [0.29, 0.717) is 11.7 Å². The minimum Gasteiger partial charge on any atom is -0.315 e. The van der Waals surface area contributed by atoms with Crippen LogP contribution in [-0.2, 0) is 4.79 Å². The lowest BCUT2D eigenvalue weighted by atomic mass is 9.73. The highest BCUT2D eigenvalue weighted by Gasteiger charge is 2.39. The highest BCUT2D eigenvalue weighted by Crippen LogP contribution is 2.34. The number of carbonyl (C=O) groups is 1. The van der Waals surface area contributed by atoms with Crippen molar-refractivity contribution in [3.05, 3.63) is 0 Å². The first kappa shape index (κ1) is 11.1. The average Bonchev–Trinajstić information content (AvgIpc) is 2.18. The van der Waals surface area contributed by atoms with E-state index in [1.807, 2.05) is 0 Å². The summed E-state index contributed by atoms with van der Waals surface area (Å²) in [6, 6.07) is 0. The number of rotatable bonds is 3. The topological polar surface area (TPSA) is 29.1 Å². The van der Waals surface area contributed by atoms with Crippen molar-refractivity contribution in [2.45, 2.75) is 46.0 Å². The summed E-state index contributed by atoms with van der Waals surface area (Å²) in [6.07, 6.45) is 6.04. The van der Waals surface area contributed by atoms with Gasteiger partial charge in [-0.1, -0.05) is 26.7 Å². The van der Waals surface area contributed by atoms with Crippen LogP contribution in [0.25, 0.3) is 0 Å². The molecule has 86 valence electrons. The summed E-state index contributed by atoms with van der Waals surface area (Å²) < 4.78 is 0. The molecule has 1 heterocycles. The molecule has 0 spiro atoms. The quantitative estimate of drug-likeness (QED) is 0.773. The molecule has 1 aliphatic carbocycles. The molecule has 2 fully saturated rings. The molecular weight excluding hydrogens is 186 g/mol. The van der Waals surface area contributed by atoms with E-state index in [-0.39, 0.29) is 5.41 Å². The van der Waals surface area contributed by atoms with Crippen LogP contribution in [0.3, 0.4) is 0 Å². The summed E-state index contributed by atoms with van der Waals surface area (Å²) >= 11 is 0. The number of carbonyl (C=O) groups excluding carboxylic acids is 1. The Morgan fingerprint density at radius 2 is 1.87 bits per heavy atom. The molecule has 2 heteroatoms. The Hall–Kier alpha value is -0.370. The van der Waals surface area contributed by atoms with Crippen molar-refractivity contribution in [2.24, 2.45) is 17.3 Å². The third-order valence-corrected chi connectivity index (χ3v) is 4.31. The summed E-state index contributed by atoms with van der Waals surface area (Å²) in [6.45, 7) is 6.23. The molecule has 1 N–H and O–H groups in total. The Morgan fingerprint density at radius 1 is 1.27 bits per heavy atom. The lowest BCUT2D eigenvalue weighted by Gasteiger charge is -2.39. The van der Waals surface area contributed by atoms with Crippen LogP contribution in [0.4, 0.5) is 0 Å². The molecule has 1 saturated heterocycles. The summed E-state index contributed by atoms with van der Waals surface area (Å²) in [7, 11) is 0. The molecular formula is C13H23NO. The van der Waals surface area contributed by atoms with Crippen molar-refractivity contribution in [1.29, 1.82) is 0 Å². The lowest BCUT2D eigenvalue weighted by molar-refractivity contribution is -0.131. The zero-order chi connectivity index (χ0) is 10.9. The monoisotopic (exact) mass is 209 g/mol. The van der Waals surface area contributed by atoms with E-state index in [4.69, 9.17) is 0 Å². The molecule has 2 aliphatic rings.